The number of ether oxygens (including phenoxy) is 2. The largest absolute Gasteiger partial charge is 0.497 e. The molecule has 1 aromatic rings. The smallest absolute Gasteiger partial charge is 0.158 e. The Kier molecular flexibility index (Phi) is 5.42. The van der Waals surface area contributed by atoms with Crippen molar-refractivity contribution in [2.24, 2.45) is 5.73 Å². The zero-order valence-electron chi connectivity index (χ0n) is 12.5. The van der Waals surface area contributed by atoms with Gasteiger partial charge in [0.15, 0.2) is 9.84 Å². The lowest BCUT2D eigenvalue weighted by Crippen LogP contribution is -2.32. The second-order valence-corrected chi connectivity index (χ2v) is 8.32. The van der Waals surface area contributed by atoms with Gasteiger partial charge in [-0.1, -0.05) is 6.07 Å². The summed E-state index contributed by atoms with van der Waals surface area (Å²) in [5, 5.41) is 0. The first kappa shape index (κ1) is 16.8. The van der Waals surface area contributed by atoms with E-state index in [1.807, 2.05) is 6.07 Å². The molecule has 0 bridgehead atoms. The number of hydrogen-bond donors (Lipinski definition) is 1. The van der Waals surface area contributed by atoms with Gasteiger partial charge in [0.1, 0.15) is 18.1 Å². The summed E-state index contributed by atoms with van der Waals surface area (Å²) in [6.07, 6.45) is 0. The molecule has 0 aromatic heterocycles. The highest BCUT2D eigenvalue weighted by Gasteiger charge is 2.28. The van der Waals surface area contributed by atoms with Crippen molar-refractivity contribution in [1.82, 2.24) is 0 Å². The molecule has 0 atom stereocenters. The maximum atomic E-state index is 12.0. The average Bonchev–Trinajstić information content (AvgIpc) is 2.37. The van der Waals surface area contributed by atoms with Crippen LogP contribution in [0.25, 0.3) is 0 Å². The van der Waals surface area contributed by atoms with Gasteiger partial charge in [0.25, 0.3) is 0 Å². The summed E-state index contributed by atoms with van der Waals surface area (Å²) < 4.78 is 33.9. The lowest BCUT2D eigenvalue weighted by molar-refractivity contribution is 0.332. The fourth-order valence-electron chi connectivity index (χ4n) is 1.53. The summed E-state index contributed by atoms with van der Waals surface area (Å²) >= 11 is 0. The molecule has 0 fully saturated rings. The predicted octanol–water partition coefficient (Wildman–Crippen LogP) is 1.75. The van der Waals surface area contributed by atoms with E-state index in [2.05, 4.69) is 0 Å². The van der Waals surface area contributed by atoms with Crippen molar-refractivity contribution in [3.05, 3.63) is 23.8 Å². The van der Waals surface area contributed by atoms with Gasteiger partial charge in [-0.05, 0) is 26.8 Å². The van der Waals surface area contributed by atoms with E-state index in [-0.39, 0.29) is 12.4 Å². The quantitative estimate of drug-likeness (QED) is 0.866. The normalized spacial score (nSPS) is 12.2. The third-order valence-electron chi connectivity index (χ3n) is 3.04. The van der Waals surface area contributed by atoms with Crippen molar-refractivity contribution in [3.8, 4) is 11.5 Å². The topological polar surface area (TPSA) is 78.6 Å². The SMILES string of the molecule is COc1ccc(CN)c(OCCS(=O)(=O)C(C)(C)C)c1. The Labute approximate surface area is 121 Å². The van der Waals surface area contributed by atoms with E-state index in [9.17, 15) is 8.42 Å². The lowest BCUT2D eigenvalue weighted by atomic mass is 10.2. The van der Waals surface area contributed by atoms with Crippen molar-refractivity contribution in [1.29, 1.82) is 0 Å². The van der Waals surface area contributed by atoms with E-state index in [0.717, 1.165) is 5.56 Å². The monoisotopic (exact) mass is 301 g/mol. The number of rotatable bonds is 6. The van der Waals surface area contributed by atoms with Crippen molar-refractivity contribution >= 4 is 9.84 Å². The Balaban J connectivity index is 2.76. The van der Waals surface area contributed by atoms with Gasteiger partial charge in [-0.15, -0.1) is 0 Å². The van der Waals surface area contributed by atoms with Gasteiger partial charge in [0.2, 0.25) is 0 Å². The molecule has 1 aromatic carbocycles. The molecule has 0 radical (unpaired) electrons. The Hall–Kier alpha value is -1.27. The fraction of sp³-hybridized carbons (Fsp3) is 0.571. The van der Waals surface area contributed by atoms with Gasteiger partial charge < -0.3 is 15.2 Å². The third kappa shape index (κ3) is 4.11. The number of sulfone groups is 1. The molecule has 0 unspecified atom stereocenters. The van der Waals surface area contributed by atoms with Crippen LogP contribution in [0.4, 0.5) is 0 Å². The fourth-order valence-corrected chi connectivity index (χ4v) is 2.45. The number of benzene rings is 1. The van der Waals surface area contributed by atoms with Crippen molar-refractivity contribution in [2.45, 2.75) is 32.1 Å². The Morgan fingerprint density at radius 2 is 1.90 bits per heavy atom. The van der Waals surface area contributed by atoms with Crippen LogP contribution in [0.3, 0.4) is 0 Å². The first-order valence-electron chi connectivity index (χ1n) is 6.43. The highest BCUT2D eigenvalue weighted by Crippen LogP contribution is 2.25. The second kappa shape index (κ2) is 6.45. The average molecular weight is 301 g/mol. The van der Waals surface area contributed by atoms with Crippen LogP contribution in [0.2, 0.25) is 0 Å². The van der Waals surface area contributed by atoms with Gasteiger partial charge >= 0.3 is 0 Å². The second-order valence-electron chi connectivity index (χ2n) is 5.46. The first-order valence-corrected chi connectivity index (χ1v) is 8.08. The Morgan fingerprint density at radius 3 is 2.40 bits per heavy atom. The van der Waals surface area contributed by atoms with Gasteiger partial charge in [0.05, 0.1) is 17.6 Å². The molecule has 114 valence electrons. The van der Waals surface area contributed by atoms with Crippen molar-refractivity contribution in [2.75, 3.05) is 19.5 Å². The molecule has 0 aliphatic carbocycles. The maximum absolute atomic E-state index is 12.0. The molecule has 2 N–H and O–H groups in total. The van der Waals surface area contributed by atoms with Crippen LogP contribution in [0, 0.1) is 0 Å². The van der Waals surface area contributed by atoms with Gasteiger partial charge in [-0.25, -0.2) is 8.42 Å². The molecule has 0 saturated heterocycles. The summed E-state index contributed by atoms with van der Waals surface area (Å²) in [5.74, 6) is 1.18. The minimum absolute atomic E-state index is 0.0300. The van der Waals surface area contributed by atoms with Gasteiger partial charge in [0, 0.05) is 18.2 Å². The number of methoxy groups -OCH3 is 1. The maximum Gasteiger partial charge on any atom is 0.158 e. The van der Waals surface area contributed by atoms with Crippen molar-refractivity contribution < 1.29 is 17.9 Å². The molecular weight excluding hydrogens is 278 g/mol. The molecule has 0 amide bonds. The molecule has 20 heavy (non-hydrogen) atoms. The van der Waals surface area contributed by atoms with E-state index in [4.69, 9.17) is 15.2 Å². The minimum Gasteiger partial charge on any atom is -0.497 e. The van der Waals surface area contributed by atoms with Crippen LogP contribution in [0.15, 0.2) is 18.2 Å². The van der Waals surface area contributed by atoms with Crippen LogP contribution in [-0.4, -0.2) is 32.6 Å². The Bertz CT molecular complexity index is 547. The molecule has 5 nitrogen and oxygen atoms in total. The highest BCUT2D eigenvalue weighted by atomic mass is 32.2. The summed E-state index contributed by atoms with van der Waals surface area (Å²) in [5.41, 5.74) is 6.45. The zero-order valence-corrected chi connectivity index (χ0v) is 13.3. The Morgan fingerprint density at radius 1 is 1.25 bits per heavy atom. The molecule has 0 aliphatic heterocycles. The van der Waals surface area contributed by atoms with E-state index in [1.165, 1.54) is 0 Å². The summed E-state index contributed by atoms with van der Waals surface area (Å²) in [4.78, 5) is 0. The molecule has 0 spiro atoms. The lowest BCUT2D eigenvalue weighted by Gasteiger charge is -2.19. The molecule has 0 heterocycles. The van der Waals surface area contributed by atoms with E-state index in [0.29, 0.717) is 18.0 Å². The summed E-state index contributed by atoms with van der Waals surface area (Å²) in [6, 6.07) is 5.32. The highest BCUT2D eigenvalue weighted by molar-refractivity contribution is 7.92. The van der Waals surface area contributed by atoms with E-state index >= 15 is 0 Å². The molecule has 0 aliphatic rings. The van der Waals surface area contributed by atoms with E-state index in [1.54, 1.807) is 40.0 Å². The van der Waals surface area contributed by atoms with Gasteiger partial charge in [-0.2, -0.15) is 0 Å². The van der Waals surface area contributed by atoms with Crippen LogP contribution in [0.5, 0.6) is 11.5 Å². The summed E-state index contributed by atoms with van der Waals surface area (Å²) in [6.45, 7) is 5.46. The van der Waals surface area contributed by atoms with Crippen LogP contribution in [-0.2, 0) is 16.4 Å². The van der Waals surface area contributed by atoms with Crippen LogP contribution in [0.1, 0.15) is 26.3 Å². The molecule has 6 heteroatoms. The summed E-state index contributed by atoms with van der Waals surface area (Å²) in [7, 11) is -1.63. The van der Waals surface area contributed by atoms with Crippen molar-refractivity contribution in [3.63, 3.8) is 0 Å². The van der Waals surface area contributed by atoms with Crippen LogP contribution >= 0.6 is 0 Å². The predicted molar refractivity (Wildman–Crippen MR) is 79.9 cm³/mol. The van der Waals surface area contributed by atoms with Crippen LogP contribution < -0.4 is 15.2 Å². The number of hydrogen-bond acceptors (Lipinski definition) is 5. The third-order valence-corrected chi connectivity index (χ3v) is 5.61. The molecule has 0 saturated carbocycles. The standard InChI is InChI=1S/C14H23NO4S/c1-14(2,3)20(16,17)8-7-19-13-9-12(18-4)6-5-11(13)10-15/h5-6,9H,7-8,10,15H2,1-4H3. The molecule has 1 rings (SSSR count). The molecular formula is C14H23NO4S. The zero-order chi connectivity index (χ0) is 15.4. The van der Waals surface area contributed by atoms with Gasteiger partial charge in [-0.3, -0.25) is 0 Å². The first-order chi connectivity index (χ1) is 9.21. The number of nitrogens with two attached hydrogens (primary N) is 1. The minimum atomic E-state index is -3.19. The van der Waals surface area contributed by atoms with E-state index < -0.39 is 14.6 Å².